The number of phenols is 1. The topological polar surface area (TPSA) is 47.9 Å². The van der Waals surface area contributed by atoms with Gasteiger partial charge in [-0.3, -0.25) is 5.43 Å². The molecule has 0 amide bonds. The van der Waals surface area contributed by atoms with Crippen LogP contribution in [0.2, 0.25) is 0 Å². The minimum atomic E-state index is 0.197. The van der Waals surface area contributed by atoms with Crippen LogP contribution in [0.25, 0.3) is 0 Å². The molecule has 1 aromatic rings. The fourth-order valence-electron chi connectivity index (χ4n) is 1.07. The Morgan fingerprint density at radius 1 is 1.31 bits per heavy atom. The summed E-state index contributed by atoms with van der Waals surface area (Å²) in [5, 5.41) is 15.0. The van der Waals surface area contributed by atoms with Crippen LogP contribution in [0, 0.1) is 0 Å². The van der Waals surface area contributed by atoms with Gasteiger partial charge in [-0.15, -0.1) is 0 Å². The highest BCUT2D eigenvalue weighted by molar-refractivity contribution is 5.74. The van der Waals surface area contributed by atoms with Gasteiger partial charge >= 0.3 is 0 Å². The van der Waals surface area contributed by atoms with Gasteiger partial charge in [0.25, 0.3) is 0 Å². The molecule has 0 saturated heterocycles. The molecular weight excluding hydrogens is 166 g/mol. The molecule has 0 spiro atoms. The molecule has 1 heterocycles. The van der Waals surface area contributed by atoms with E-state index in [1.165, 1.54) is 5.12 Å². The summed E-state index contributed by atoms with van der Waals surface area (Å²) in [5.74, 6) is 0.197. The van der Waals surface area contributed by atoms with E-state index in [1.807, 2.05) is 6.07 Å². The number of para-hydroxylation sites is 2. The predicted octanol–water partition coefficient (Wildman–Crippen LogP) is 1.22. The molecule has 13 heavy (non-hydrogen) atoms. The van der Waals surface area contributed by atoms with Gasteiger partial charge < -0.3 is 5.11 Å². The van der Waals surface area contributed by atoms with Crippen molar-refractivity contribution in [3.8, 4) is 5.75 Å². The summed E-state index contributed by atoms with van der Waals surface area (Å²) < 4.78 is 0. The summed E-state index contributed by atoms with van der Waals surface area (Å²) in [6, 6.07) is 7.00. The Morgan fingerprint density at radius 3 is 2.85 bits per heavy atom. The molecule has 0 aromatic heterocycles. The third kappa shape index (κ3) is 1.46. The number of nitrogens with one attached hydrogen (secondary N) is 1. The molecule has 1 aliphatic rings. The molecule has 0 bridgehead atoms. The van der Waals surface area contributed by atoms with Gasteiger partial charge in [-0.1, -0.05) is 12.1 Å². The zero-order valence-electron chi connectivity index (χ0n) is 6.88. The summed E-state index contributed by atoms with van der Waals surface area (Å²) in [6.45, 7) is 0. The van der Waals surface area contributed by atoms with E-state index in [1.54, 1.807) is 36.7 Å². The molecule has 1 aliphatic heterocycles. The Bertz CT molecular complexity index is 360. The van der Waals surface area contributed by atoms with Crippen LogP contribution in [0.5, 0.6) is 5.75 Å². The van der Waals surface area contributed by atoms with Crippen LogP contribution >= 0.6 is 0 Å². The molecule has 2 rings (SSSR count). The van der Waals surface area contributed by atoms with Gasteiger partial charge in [0.15, 0.2) is 0 Å². The van der Waals surface area contributed by atoms with E-state index in [0.717, 1.165) is 0 Å². The van der Waals surface area contributed by atoms with Gasteiger partial charge in [0.2, 0.25) is 0 Å². The predicted molar refractivity (Wildman–Crippen MR) is 51.4 cm³/mol. The number of anilines is 1. The van der Waals surface area contributed by atoms with E-state index >= 15 is 0 Å². The van der Waals surface area contributed by atoms with Crippen molar-refractivity contribution in [2.75, 3.05) is 5.12 Å². The average Bonchev–Trinajstić information content (AvgIpc) is 2.20. The number of phenolic OH excluding ortho intramolecular Hbond substituents is 1. The maximum atomic E-state index is 9.48. The number of hydrazone groups is 1. The smallest absolute Gasteiger partial charge is 0.142 e. The van der Waals surface area contributed by atoms with Crippen LogP contribution in [0.1, 0.15) is 0 Å². The van der Waals surface area contributed by atoms with E-state index < -0.39 is 0 Å². The Morgan fingerprint density at radius 2 is 2.15 bits per heavy atom. The van der Waals surface area contributed by atoms with Gasteiger partial charge in [-0.05, 0) is 18.2 Å². The molecule has 0 fully saturated rings. The summed E-state index contributed by atoms with van der Waals surface area (Å²) in [6.07, 6.45) is 5.15. The molecular formula is C9H9N3O. The lowest BCUT2D eigenvalue weighted by atomic mass is 10.3. The van der Waals surface area contributed by atoms with Gasteiger partial charge in [0, 0.05) is 6.20 Å². The molecule has 0 aliphatic carbocycles. The van der Waals surface area contributed by atoms with Gasteiger partial charge in [0.1, 0.15) is 11.4 Å². The lowest BCUT2D eigenvalue weighted by Crippen LogP contribution is -2.30. The number of hydrogen-bond acceptors (Lipinski definition) is 4. The second kappa shape index (κ2) is 3.18. The quantitative estimate of drug-likeness (QED) is 0.674. The second-order valence-electron chi connectivity index (χ2n) is 2.55. The molecule has 0 radical (unpaired) electrons. The van der Waals surface area contributed by atoms with Gasteiger partial charge in [-0.2, -0.15) is 10.2 Å². The Labute approximate surface area is 75.8 Å². The van der Waals surface area contributed by atoms with Crippen molar-refractivity contribution in [2.45, 2.75) is 0 Å². The summed E-state index contributed by atoms with van der Waals surface area (Å²) in [5.41, 5.74) is 3.50. The van der Waals surface area contributed by atoms with Crippen LogP contribution in [-0.2, 0) is 0 Å². The first-order valence-corrected chi connectivity index (χ1v) is 3.91. The summed E-state index contributed by atoms with van der Waals surface area (Å²) in [4.78, 5) is 0. The second-order valence-corrected chi connectivity index (χ2v) is 2.55. The van der Waals surface area contributed by atoms with E-state index in [2.05, 4.69) is 10.5 Å². The number of allylic oxidation sites excluding steroid dienone is 1. The van der Waals surface area contributed by atoms with Crippen molar-refractivity contribution >= 4 is 11.9 Å². The molecule has 0 saturated carbocycles. The van der Waals surface area contributed by atoms with Crippen molar-refractivity contribution in [3.05, 3.63) is 36.5 Å². The van der Waals surface area contributed by atoms with E-state index in [4.69, 9.17) is 0 Å². The Hall–Kier alpha value is -1.97. The number of aromatic hydroxyl groups is 1. The van der Waals surface area contributed by atoms with E-state index in [9.17, 15) is 5.11 Å². The largest absolute Gasteiger partial charge is 0.506 e. The highest BCUT2D eigenvalue weighted by Gasteiger charge is 2.07. The highest BCUT2D eigenvalue weighted by Crippen LogP contribution is 2.25. The molecule has 0 atom stereocenters. The average molecular weight is 175 g/mol. The van der Waals surface area contributed by atoms with Crippen molar-refractivity contribution < 1.29 is 5.11 Å². The maximum absolute atomic E-state index is 9.48. The molecule has 1 aromatic carbocycles. The van der Waals surface area contributed by atoms with Gasteiger partial charge in [-0.25, -0.2) is 0 Å². The first kappa shape index (κ1) is 7.67. The number of hydrazine groups is 1. The van der Waals surface area contributed by atoms with E-state index in [0.29, 0.717) is 5.69 Å². The SMILES string of the molecule is Oc1ccccc1N1N=CC=CN1. The minimum absolute atomic E-state index is 0.197. The third-order valence-corrected chi connectivity index (χ3v) is 1.67. The maximum Gasteiger partial charge on any atom is 0.142 e. The van der Waals surface area contributed by atoms with Crippen molar-refractivity contribution in [2.24, 2.45) is 5.10 Å². The normalized spacial score (nSPS) is 14.3. The van der Waals surface area contributed by atoms with Gasteiger partial charge in [0.05, 0.1) is 6.21 Å². The molecule has 4 nitrogen and oxygen atoms in total. The minimum Gasteiger partial charge on any atom is -0.506 e. The summed E-state index contributed by atoms with van der Waals surface area (Å²) >= 11 is 0. The first-order chi connectivity index (χ1) is 6.38. The number of nitrogens with zero attached hydrogens (tertiary/aromatic N) is 2. The monoisotopic (exact) mass is 175 g/mol. The summed E-state index contributed by atoms with van der Waals surface area (Å²) in [7, 11) is 0. The zero-order chi connectivity index (χ0) is 9.10. The van der Waals surface area contributed by atoms with E-state index in [-0.39, 0.29) is 5.75 Å². The Balaban J connectivity index is 2.30. The molecule has 2 N–H and O–H groups in total. The number of rotatable bonds is 1. The van der Waals surface area contributed by atoms with Crippen LogP contribution < -0.4 is 10.5 Å². The van der Waals surface area contributed by atoms with Crippen molar-refractivity contribution in [3.63, 3.8) is 0 Å². The molecule has 66 valence electrons. The fraction of sp³-hybridized carbons (Fsp3) is 0. The van der Waals surface area contributed by atoms with Crippen LogP contribution in [0.15, 0.2) is 41.6 Å². The van der Waals surface area contributed by atoms with Crippen LogP contribution in [-0.4, -0.2) is 11.3 Å². The molecule has 0 unspecified atom stereocenters. The Kier molecular flexibility index (Phi) is 1.88. The number of hydrogen-bond donors (Lipinski definition) is 2. The standard InChI is InChI=1S/C9H9N3O/c13-9-5-2-1-4-8(9)12-10-6-3-7-11-12/h1-7,10,13H. The van der Waals surface area contributed by atoms with Crippen molar-refractivity contribution in [1.29, 1.82) is 0 Å². The molecule has 4 heteroatoms. The number of benzene rings is 1. The van der Waals surface area contributed by atoms with Crippen LogP contribution in [0.3, 0.4) is 0 Å². The van der Waals surface area contributed by atoms with Crippen molar-refractivity contribution in [1.82, 2.24) is 5.43 Å². The van der Waals surface area contributed by atoms with Crippen LogP contribution in [0.4, 0.5) is 5.69 Å². The lowest BCUT2D eigenvalue weighted by molar-refractivity contribution is 0.472. The third-order valence-electron chi connectivity index (χ3n) is 1.67. The zero-order valence-corrected chi connectivity index (χ0v) is 6.88. The highest BCUT2D eigenvalue weighted by atomic mass is 16.3. The first-order valence-electron chi connectivity index (χ1n) is 3.91. The lowest BCUT2D eigenvalue weighted by Gasteiger charge is -2.20. The fourth-order valence-corrected chi connectivity index (χ4v) is 1.07.